The predicted octanol–water partition coefficient (Wildman–Crippen LogP) is 4.46. The van der Waals surface area contributed by atoms with Gasteiger partial charge in [-0.2, -0.15) is 0 Å². The lowest BCUT2D eigenvalue weighted by atomic mass is 10.1. The molecule has 150 valence electrons. The number of piperazine rings is 1. The van der Waals surface area contributed by atoms with Crippen molar-refractivity contribution in [3.63, 3.8) is 0 Å². The van der Waals surface area contributed by atoms with Gasteiger partial charge in [0.25, 0.3) is 5.91 Å². The maximum Gasteiger partial charge on any atom is 0.259 e. The molecule has 9 heteroatoms. The van der Waals surface area contributed by atoms with E-state index < -0.39 is 11.7 Å². The van der Waals surface area contributed by atoms with Gasteiger partial charge in [0.15, 0.2) is 11.6 Å². The van der Waals surface area contributed by atoms with Gasteiger partial charge in [-0.15, -0.1) is 0 Å². The zero-order valence-electron chi connectivity index (χ0n) is 15.0. The average molecular weight is 448 g/mol. The molecule has 0 aromatic heterocycles. The smallest absolute Gasteiger partial charge is 0.259 e. The van der Waals surface area contributed by atoms with Crippen molar-refractivity contribution in [2.24, 2.45) is 0 Å². The highest BCUT2D eigenvalue weighted by Crippen LogP contribution is 2.39. The molecule has 1 N–H and O–H groups in total. The van der Waals surface area contributed by atoms with Gasteiger partial charge in [0.05, 0.1) is 22.2 Å². The van der Waals surface area contributed by atoms with E-state index >= 15 is 0 Å². The van der Waals surface area contributed by atoms with E-state index in [0.717, 1.165) is 5.56 Å². The van der Waals surface area contributed by atoms with Crippen LogP contribution in [0.15, 0.2) is 24.3 Å². The van der Waals surface area contributed by atoms with Crippen LogP contribution in [-0.2, 0) is 6.54 Å². The molecule has 2 aromatic rings. The maximum absolute atomic E-state index is 13.8. The maximum atomic E-state index is 13.8. The van der Waals surface area contributed by atoms with Gasteiger partial charge in [0.2, 0.25) is 0 Å². The summed E-state index contributed by atoms with van der Waals surface area (Å²) < 4.78 is 18.8. The van der Waals surface area contributed by atoms with Crippen LogP contribution in [0.5, 0.6) is 11.5 Å². The second-order valence-electron chi connectivity index (χ2n) is 6.42. The molecule has 0 saturated carbocycles. The molecule has 0 radical (unpaired) electrons. The number of carbonyl (C=O) groups is 1. The summed E-state index contributed by atoms with van der Waals surface area (Å²) in [7, 11) is 1.42. The number of hydrogen-bond donors (Lipinski definition) is 1. The van der Waals surface area contributed by atoms with Gasteiger partial charge in [-0.3, -0.25) is 9.69 Å². The average Bonchev–Trinajstić information content (AvgIpc) is 2.67. The first-order chi connectivity index (χ1) is 13.3. The number of amides is 1. The number of carbonyl (C=O) groups excluding carboxylic acids is 1. The van der Waals surface area contributed by atoms with E-state index in [-0.39, 0.29) is 32.1 Å². The Morgan fingerprint density at radius 3 is 2.43 bits per heavy atom. The van der Waals surface area contributed by atoms with Gasteiger partial charge in [0, 0.05) is 32.7 Å². The fourth-order valence-electron chi connectivity index (χ4n) is 3.11. The van der Waals surface area contributed by atoms with Crippen LogP contribution in [0.25, 0.3) is 0 Å². The van der Waals surface area contributed by atoms with Crippen LogP contribution >= 0.6 is 34.8 Å². The molecule has 5 nitrogen and oxygen atoms in total. The molecule has 1 fully saturated rings. The molecule has 0 spiro atoms. The molecule has 2 aromatic carbocycles. The fraction of sp³-hybridized carbons (Fsp3) is 0.316. The van der Waals surface area contributed by atoms with Crippen LogP contribution < -0.4 is 4.74 Å². The van der Waals surface area contributed by atoms with E-state index in [0.29, 0.717) is 32.7 Å². The van der Waals surface area contributed by atoms with Crippen LogP contribution in [0.2, 0.25) is 15.1 Å². The first kappa shape index (κ1) is 21.0. The Balaban J connectivity index is 1.66. The summed E-state index contributed by atoms with van der Waals surface area (Å²) in [5.74, 6) is -1.01. The molecular weight excluding hydrogens is 430 g/mol. The number of phenols is 1. The molecule has 1 aliphatic heterocycles. The van der Waals surface area contributed by atoms with E-state index in [1.54, 1.807) is 11.0 Å². The quantitative estimate of drug-likeness (QED) is 0.703. The zero-order chi connectivity index (χ0) is 20.4. The van der Waals surface area contributed by atoms with Crippen LogP contribution in [0, 0.1) is 5.82 Å². The Bertz CT molecular complexity index is 876. The number of aromatic hydroxyl groups is 1. The summed E-state index contributed by atoms with van der Waals surface area (Å²) in [6.45, 7) is 2.59. The highest BCUT2D eigenvalue weighted by Gasteiger charge is 2.28. The van der Waals surface area contributed by atoms with Gasteiger partial charge >= 0.3 is 0 Å². The molecule has 1 heterocycles. The molecule has 28 heavy (non-hydrogen) atoms. The summed E-state index contributed by atoms with van der Waals surface area (Å²) in [6, 6.07) is 6.15. The van der Waals surface area contributed by atoms with Crippen molar-refractivity contribution in [3.8, 4) is 11.5 Å². The third-order valence-electron chi connectivity index (χ3n) is 4.64. The minimum Gasteiger partial charge on any atom is -0.505 e. The second-order valence-corrected chi connectivity index (χ2v) is 7.61. The normalized spacial score (nSPS) is 15.0. The van der Waals surface area contributed by atoms with Gasteiger partial charge in [-0.25, -0.2) is 4.39 Å². The molecular formula is C19H18Cl3FN2O3. The minimum absolute atomic E-state index is 0.0234. The van der Waals surface area contributed by atoms with Crippen molar-refractivity contribution in [1.82, 2.24) is 9.80 Å². The summed E-state index contributed by atoms with van der Waals surface area (Å²) in [5, 5.41) is 10.2. The lowest BCUT2D eigenvalue weighted by Crippen LogP contribution is -2.48. The third-order valence-corrected chi connectivity index (χ3v) is 5.72. The number of halogens is 4. The van der Waals surface area contributed by atoms with E-state index in [4.69, 9.17) is 39.5 Å². The van der Waals surface area contributed by atoms with Crippen LogP contribution in [0.1, 0.15) is 15.9 Å². The Kier molecular flexibility index (Phi) is 6.55. The number of methoxy groups -OCH3 is 1. The standard InChI is InChI=1S/C19H18Cl3FN2O3/c1-28-15-3-2-11(8-14(15)23)10-24-4-6-25(7-5-24)19(27)16-17(22)12(20)9-13(21)18(16)26/h2-3,8-9,26H,4-7,10H2,1H3. The summed E-state index contributed by atoms with van der Waals surface area (Å²) in [5.41, 5.74) is 0.727. The summed E-state index contributed by atoms with van der Waals surface area (Å²) in [4.78, 5) is 16.5. The van der Waals surface area contributed by atoms with Crippen LogP contribution in [0.3, 0.4) is 0 Å². The van der Waals surface area contributed by atoms with E-state index in [1.165, 1.54) is 19.2 Å². The number of nitrogens with zero attached hydrogens (tertiary/aromatic N) is 2. The number of rotatable bonds is 4. The van der Waals surface area contributed by atoms with E-state index in [2.05, 4.69) is 4.90 Å². The highest BCUT2D eigenvalue weighted by atomic mass is 35.5. The monoisotopic (exact) mass is 446 g/mol. The van der Waals surface area contributed by atoms with Crippen molar-refractivity contribution < 1.29 is 19.0 Å². The van der Waals surface area contributed by atoms with E-state index in [9.17, 15) is 14.3 Å². The Labute approximate surface area is 177 Å². The predicted molar refractivity (Wildman–Crippen MR) is 107 cm³/mol. The fourth-order valence-corrected chi connectivity index (χ4v) is 3.80. The number of benzene rings is 2. The number of phenolic OH excluding ortho intramolecular Hbond substituents is 1. The molecule has 0 aliphatic carbocycles. The van der Waals surface area contributed by atoms with Gasteiger partial charge in [-0.1, -0.05) is 40.9 Å². The molecule has 1 amide bonds. The first-order valence-electron chi connectivity index (χ1n) is 8.52. The topological polar surface area (TPSA) is 53.0 Å². The van der Waals surface area contributed by atoms with Gasteiger partial charge in [-0.05, 0) is 23.8 Å². The molecule has 0 atom stereocenters. The van der Waals surface area contributed by atoms with Crippen LogP contribution in [0.4, 0.5) is 4.39 Å². The van der Waals surface area contributed by atoms with Crippen molar-refractivity contribution in [2.45, 2.75) is 6.54 Å². The molecule has 1 saturated heterocycles. The molecule has 0 bridgehead atoms. The number of hydrogen-bond acceptors (Lipinski definition) is 4. The third kappa shape index (κ3) is 4.30. The Morgan fingerprint density at radius 1 is 1.14 bits per heavy atom. The van der Waals surface area contributed by atoms with Crippen molar-refractivity contribution in [2.75, 3.05) is 33.3 Å². The first-order valence-corrected chi connectivity index (χ1v) is 9.65. The largest absolute Gasteiger partial charge is 0.505 e. The van der Waals surface area contributed by atoms with Crippen molar-refractivity contribution >= 4 is 40.7 Å². The Morgan fingerprint density at radius 2 is 1.82 bits per heavy atom. The van der Waals surface area contributed by atoms with E-state index in [1.807, 2.05) is 6.07 Å². The van der Waals surface area contributed by atoms with Gasteiger partial charge in [0.1, 0.15) is 11.3 Å². The van der Waals surface area contributed by atoms with Crippen molar-refractivity contribution in [1.29, 1.82) is 0 Å². The molecule has 0 unspecified atom stereocenters. The SMILES string of the molecule is COc1ccc(CN2CCN(C(=O)c3c(O)c(Cl)cc(Cl)c3Cl)CC2)cc1F. The zero-order valence-corrected chi connectivity index (χ0v) is 17.3. The Hall–Kier alpha value is -1.73. The summed E-state index contributed by atoms with van der Waals surface area (Å²) in [6.07, 6.45) is 0. The molecule has 1 aliphatic rings. The molecule has 3 rings (SSSR count). The highest BCUT2D eigenvalue weighted by molar-refractivity contribution is 6.45. The lowest BCUT2D eigenvalue weighted by Gasteiger charge is -2.35. The number of ether oxygens (including phenoxy) is 1. The minimum atomic E-state index is -0.429. The van der Waals surface area contributed by atoms with Gasteiger partial charge < -0.3 is 14.7 Å². The lowest BCUT2D eigenvalue weighted by molar-refractivity contribution is 0.0625. The summed E-state index contributed by atoms with van der Waals surface area (Å²) >= 11 is 18.0. The van der Waals surface area contributed by atoms with Crippen LogP contribution in [-0.4, -0.2) is 54.1 Å². The second kappa shape index (κ2) is 8.74. The van der Waals surface area contributed by atoms with Crippen molar-refractivity contribution in [3.05, 3.63) is 56.3 Å².